The minimum atomic E-state index is -0.206. The molecule has 1 aliphatic heterocycles. The molecule has 1 saturated heterocycles. The van der Waals surface area contributed by atoms with E-state index in [1.807, 2.05) is 17.5 Å². The van der Waals surface area contributed by atoms with Crippen molar-refractivity contribution in [2.45, 2.75) is 6.42 Å². The summed E-state index contributed by atoms with van der Waals surface area (Å²) < 4.78 is 5.32. The van der Waals surface area contributed by atoms with E-state index in [-0.39, 0.29) is 17.6 Å². The maximum absolute atomic E-state index is 12.8. The fourth-order valence-electron chi connectivity index (χ4n) is 3.17. The Morgan fingerprint density at radius 3 is 2.69 bits per heavy atom. The summed E-state index contributed by atoms with van der Waals surface area (Å²) in [6.07, 6.45) is 0.685. The smallest absolute Gasteiger partial charge is 0.321 e. The molecule has 2 aromatic heterocycles. The Labute approximate surface area is 176 Å². The zero-order valence-electron chi connectivity index (χ0n) is 15.5. The van der Waals surface area contributed by atoms with Crippen LogP contribution in [0.4, 0.5) is 10.5 Å². The highest BCUT2D eigenvalue weighted by Gasteiger charge is 2.25. The van der Waals surface area contributed by atoms with Crippen LogP contribution in [-0.2, 0) is 0 Å². The Balaban J connectivity index is 1.37. The molecular weight excluding hydrogens is 412 g/mol. The molecule has 1 aliphatic rings. The second-order valence-corrected chi connectivity index (χ2v) is 8.01. The highest BCUT2D eigenvalue weighted by atomic mass is 35.5. The van der Waals surface area contributed by atoms with E-state index in [1.54, 1.807) is 40.1 Å². The summed E-state index contributed by atoms with van der Waals surface area (Å²) in [6, 6.07) is 12.3. The van der Waals surface area contributed by atoms with E-state index >= 15 is 0 Å². The fraction of sp³-hybridized carbons (Fsp3) is 0.250. The van der Waals surface area contributed by atoms with E-state index in [2.05, 4.69) is 10.5 Å². The molecule has 1 aromatic carbocycles. The van der Waals surface area contributed by atoms with Crippen LogP contribution >= 0.6 is 22.9 Å². The summed E-state index contributed by atoms with van der Waals surface area (Å²) >= 11 is 7.49. The predicted molar refractivity (Wildman–Crippen MR) is 112 cm³/mol. The summed E-state index contributed by atoms with van der Waals surface area (Å²) in [7, 11) is 0. The van der Waals surface area contributed by atoms with Gasteiger partial charge in [0.05, 0.1) is 4.88 Å². The number of hydrogen-bond acceptors (Lipinski definition) is 5. The highest BCUT2D eigenvalue weighted by molar-refractivity contribution is 7.13. The lowest BCUT2D eigenvalue weighted by atomic mass is 10.3. The van der Waals surface area contributed by atoms with Gasteiger partial charge in [-0.05, 0) is 36.1 Å². The standard InChI is InChI=1S/C20H19ClN4O3S/c21-14-4-1-5-15(12-14)22-20(27)25-8-3-7-24(9-10-25)19(26)16-13-17(28-23-16)18-6-2-11-29-18/h1-2,4-6,11-13H,3,7-10H2,(H,22,27). The molecular formula is C20H19ClN4O3S. The molecule has 1 fully saturated rings. The van der Waals surface area contributed by atoms with Gasteiger partial charge in [0.15, 0.2) is 11.5 Å². The number of nitrogens with zero attached hydrogens (tertiary/aromatic N) is 3. The molecule has 0 spiro atoms. The summed E-state index contributed by atoms with van der Waals surface area (Å²) in [5.74, 6) is 0.398. The first-order chi connectivity index (χ1) is 14.1. The maximum Gasteiger partial charge on any atom is 0.321 e. The van der Waals surface area contributed by atoms with E-state index in [4.69, 9.17) is 16.1 Å². The molecule has 4 rings (SSSR count). The quantitative estimate of drug-likeness (QED) is 0.666. The van der Waals surface area contributed by atoms with Crippen LogP contribution in [0.25, 0.3) is 10.6 Å². The summed E-state index contributed by atoms with van der Waals surface area (Å²) in [5.41, 5.74) is 0.925. The Bertz CT molecular complexity index is 1000. The number of thiophene rings is 1. The minimum Gasteiger partial charge on any atom is -0.355 e. The normalized spacial score (nSPS) is 14.5. The lowest BCUT2D eigenvalue weighted by Gasteiger charge is -2.22. The molecule has 7 nitrogen and oxygen atoms in total. The first-order valence-corrected chi connectivity index (χ1v) is 10.5. The number of urea groups is 1. The third kappa shape index (κ3) is 4.60. The molecule has 9 heteroatoms. The minimum absolute atomic E-state index is 0.186. The van der Waals surface area contributed by atoms with Crippen molar-refractivity contribution in [1.82, 2.24) is 15.0 Å². The van der Waals surface area contributed by atoms with Gasteiger partial charge >= 0.3 is 6.03 Å². The highest BCUT2D eigenvalue weighted by Crippen LogP contribution is 2.25. The average Bonchev–Trinajstić information content (AvgIpc) is 3.35. The molecule has 150 valence electrons. The maximum atomic E-state index is 12.8. The molecule has 29 heavy (non-hydrogen) atoms. The summed E-state index contributed by atoms with van der Waals surface area (Å²) in [4.78, 5) is 29.7. The Hall–Kier alpha value is -2.84. The number of carbonyl (C=O) groups excluding carboxylic acids is 2. The van der Waals surface area contributed by atoms with Crippen molar-refractivity contribution in [2.75, 3.05) is 31.5 Å². The number of halogens is 1. The zero-order chi connectivity index (χ0) is 20.2. The van der Waals surface area contributed by atoms with Gasteiger partial charge in [-0.15, -0.1) is 11.3 Å². The molecule has 1 N–H and O–H groups in total. The third-order valence-corrected chi connectivity index (χ3v) is 5.76. The van der Waals surface area contributed by atoms with E-state index < -0.39 is 0 Å². The molecule has 3 aromatic rings. The lowest BCUT2D eigenvalue weighted by Crippen LogP contribution is -2.39. The van der Waals surface area contributed by atoms with E-state index in [0.717, 1.165) is 4.88 Å². The van der Waals surface area contributed by atoms with Gasteiger partial charge in [-0.1, -0.05) is 28.9 Å². The van der Waals surface area contributed by atoms with Crippen LogP contribution in [0.15, 0.2) is 52.4 Å². The first-order valence-electron chi connectivity index (χ1n) is 9.21. The topological polar surface area (TPSA) is 78.7 Å². The monoisotopic (exact) mass is 430 g/mol. The Morgan fingerprint density at radius 2 is 1.90 bits per heavy atom. The van der Waals surface area contributed by atoms with Gasteiger partial charge in [-0.2, -0.15) is 0 Å². The molecule has 0 bridgehead atoms. The second kappa shape index (κ2) is 8.67. The van der Waals surface area contributed by atoms with Crippen molar-refractivity contribution in [3.8, 4) is 10.6 Å². The largest absolute Gasteiger partial charge is 0.355 e. The van der Waals surface area contributed by atoms with Crippen LogP contribution in [-0.4, -0.2) is 53.1 Å². The van der Waals surface area contributed by atoms with Crippen LogP contribution in [0.3, 0.4) is 0 Å². The third-order valence-electron chi connectivity index (χ3n) is 4.64. The lowest BCUT2D eigenvalue weighted by molar-refractivity contribution is 0.0752. The molecule has 0 unspecified atom stereocenters. The SMILES string of the molecule is O=C(Nc1cccc(Cl)c1)N1CCCN(C(=O)c2cc(-c3cccs3)on2)CC1. The molecule has 3 amide bonds. The zero-order valence-corrected chi connectivity index (χ0v) is 17.1. The molecule has 0 saturated carbocycles. The number of aromatic nitrogens is 1. The number of benzene rings is 1. The predicted octanol–water partition coefficient (Wildman–Crippen LogP) is 4.44. The van der Waals surface area contributed by atoms with Crippen molar-refractivity contribution in [3.63, 3.8) is 0 Å². The van der Waals surface area contributed by atoms with Crippen molar-refractivity contribution in [2.24, 2.45) is 0 Å². The van der Waals surface area contributed by atoms with Gasteiger partial charge in [0.25, 0.3) is 5.91 Å². The molecule has 3 heterocycles. The van der Waals surface area contributed by atoms with Gasteiger partial charge in [0.2, 0.25) is 0 Å². The van der Waals surface area contributed by atoms with E-state index in [9.17, 15) is 9.59 Å². The number of amides is 3. The number of carbonyl (C=O) groups is 2. The number of rotatable bonds is 3. The molecule has 0 atom stereocenters. The van der Waals surface area contributed by atoms with Crippen molar-refractivity contribution in [3.05, 3.63) is 58.6 Å². The Morgan fingerprint density at radius 1 is 1.07 bits per heavy atom. The second-order valence-electron chi connectivity index (χ2n) is 6.63. The van der Waals surface area contributed by atoms with Gasteiger partial charge in [-0.3, -0.25) is 4.79 Å². The van der Waals surface area contributed by atoms with Crippen LogP contribution in [0.1, 0.15) is 16.9 Å². The van der Waals surface area contributed by atoms with Crippen molar-refractivity contribution < 1.29 is 14.1 Å². The summed E-state index contributed by atoms with van der Waals surface area (Å²) in [5, 5.41) is 9.28. The summed E-state index contributed by atoms with van der Waals surface area (Å²) in [6.45, 7) is 1.99. The number of hydrogen-bond donors (Lipinski definition) is 1. The number of anilines is 1. The van der Waals surface area contributed by atoms with Crippen LogP contribution in [0, 0.1) is 0 Å². The first kappa shape index (κ1) is 19.5. The number of nitrogens with one attached hydrogen (secondary N) is 1. The average molecular weight is 431 g/mol. The van der Waals surface area contributed by atoms with Gasteiger partial charge in [-0.25, -0.2) is 4.79 Å². The van der Waals surface area contributed by atoms with Crippen LogP contribution < -0.4 is 5.32 Å². The van der Waals surface area contributed by atoms with Crippen molar-refractivity contribution >= 4 is 40.6 Å². The molecule has 0 radical (unpaired) electrons. The van der Waals surface area contributed by atoms with Crippen molar-refractivity contribution in [1.29, 1.82) is 0 Å². The molecule has 0 aliphatic carbocycles. The van der Waals surface area contributed by atoms with E-state index in [0.29, 0.717) is 49.1 Å². The van der Waals surface area contributed by atoms with Gasteiger partial charge in [0, 0.05) is 43.0 Å². The van der Waals surface area contributed by atoms with Gasteiger partial charge in [0.1, 0.15) is 0 Å². The van der Waals surface area contributed by atoms with Crippen LogP contribution in [0.2, 0.25) is 5.02 Å². The Kier molecular flexibility index (Phi) is 5.82. The van der Waals surface area contributed by atoms with E-state index in [1.165, 1.54) is 11.3 Å². The van der Waals surface area contributed by atoms with Gasteiger partial charge < -0.3 is 19.6 Å². The van der Waals surface area contributed by atoms with Crippen LogP contribution in [0.5, 0.6) is 0 Å². The fourth-order valence-corrected chi connectivity index (χ4v) is 4.03.